The molecule has 2 aromatic rings. The molecule has 0 bridgehead atoms. The zero-order valence-corrected chi connectivity index (χ0v) is 14.6. The fourth-order valence-electron chi connectivity index (χ4n) is 4.31. The molecular formula is C19H20N4O3. The van der Waals surface area contributed by atoms with Gasteiger partial charge in [-0.25, -0.2) is 4.98 Å². The van der Waals surface area contributed by atoms with Crippen LogP contribution in [0.25, 0.3) is 10.9 Å². The van der Waals surface area contributed by atoms with Crippen LogP contribution < -0.4 is 5.32 Å². The number of benzene rings is 1. The van der Waals surface area contributed by atoms with Crippen LogP contribution in [0.3, 0.4) is 0 Å². The lowest BCUT2D eigenvalue weighted by Gasteiger charge is -2.61. The first-order valence-electron chi connectivity index (χ1n) is 8.95. The SMILES string of the molecule is CCOC1CC(Nc2cc(C#N)c3cc([N+](=O)[O-])ccc3n2)C12CCC2. The maximum absolute atomic E-state index is 11.0. The molecule has 7 heteroatoms. The van der Waals surface area contributed by atoms with Crippen molar-refractivity contribution in [2.45, 2.75) is 44.8 Å². The van der Waals surface area contributed by atoms with Crippen molar-refractivity contribution in [3.8, 4) is 6.07 Å². The predicted octanol–water partition coefficient (Wildman–Crippen LogP) is 3.77. The first kappa shape index (κ1) is 16.7. The van der Waals surface area contributed by atoms with Crippen molar-refractivity contribution >= 4 is 22.4 Å². The third-order valence-electron chi connectivity index (χ3n) is 5.88. The van der Waals surface area contributed by atoms with Gasteiger partial charge in [0.25, 0.3) is 5.69 Å². The van der Waals surface area contributed by atoms with Gasteiger partial charge in [-0.2, -0.15) is 5.26 Å². The van der Waals surface area contributed by atoms with Crippen LogP contribution in [-0.4, -0.2) is 28.7 Å². The van der Waals surface area contributed by atoms with Gasteiger partial charge in [-0.1, -0.05) is 6.42 Å². The molecule has 2 atom stereocenters. The van der Waals surface area contributed by atoms with Crippen LogP contribution in [0.2, 0.25) is 0 Å². The Balaban J connectivity index is 1.63. The van der Waals surface area contributed by atoms with Crippen molar-refractivity contribution in [1.82, 2.24) is 4.98 Å². The summed E-state index contributed by atoms with van der Waals surface area (Å²) in [5, 5.41) is 24.4. The van der Waals surface area contributed by atoms with Crippen LogP contribution in [0, 0.1) is 26.9 Å². The molecule has 2 saturated carbocycles. The predicted molar refractivity (Wildman–Crippen MR) is 96.8 cm³/mol. The Bertz CT molecular complexity index is 917. The van der Waals surface area contributed by atoms with Gasteiger partial charge < -0.3 is 10.1 Å². The van der Waals surface area contributed by atoms with Gasteiger partial charge in [-0.15, -0.1) is 0 Å². The second-order valence-corrected chi connectivity index (χ2v) is 7.09. The van der Waals surface area contributed by atoms with Gasteiger partial charge >= 0.3 is 0 Å². The number of hydrogen-bond acceptors (Lipinski definition) is 6. The Morgan fingerprint density at radius 1 is 1.46 bits per heavy atom. The van der Waals surface area contributed by atoms with Gasteiger partial charge in [-0.3, -0.25) is 10.1 Å². The fraction of sp³-hybridized carbons (Fsp3) is 0.474. The molecule has 1 aromatic heterocycles. The maximum atomic E-state index is 11.0. The Hall–Kier alpha value is -2.72. The van der Waals surface area contributed by atoms with E-state index in [0.717, 1.165) is 25.9 Å². The first-order chi connectivity index (χ1) is 12.6. The summed E-state index contributed by atoms with van der Waals surface area (Å²) in [4.78, 5) is 15.1. The molecule has 0 saturated heterocycles. The monoisotopic (exact) mass is 352 g/mol. The third kappa shape index (κ3) is 2.49. The zero-order valence-electron chi connectivity index (χ0n) is 14.6. The number of nitro benzene ring substituents is 1. The lowest BCUT2D eigenvalue weighted by atomic mass is 9.51. The number of fused-ring (bicyclic) bond motifs is 1. The first-order valence-corrected chi connectivity index (χ1v) is 8.95. The van der Waals surface area contributed by atoms with Crippen LogP contribution in [-0.2, 0) is 4.74 Å². The minimum atomic E-state index is -0.463. The van der Waals surface area contributed by atoms with Crippen LogP contribution in [0.15, 0.2) is 24.3 Å². The minimum absolute atomic E-state index is 0.0384. The van der Waals surface area contributed by atoms with Crippen molar-refractivity contribution in [3.05, 3.63) is 39.9 Å². The molecule has 1 heterocycles. The molecule has 0 amide bonds. The standard InChI is InChI=1S/C19H20N4O3/c1-2-26-17-10-16(19(17)6-3-7-19)22-18-8-12(11-20)14-9-13(23(24)25)4-5-15(14)21-18/h4-5,8-9,16-17H,2-3,6-7,10H2,1H3,(H,21,22). The Morgan fingerprint density at radius 2 is 2.27 bits per heavy atom. The van der Waals surface area contributed by atoms with Gasteiger partial charge in [-0.05, 0) is 38.3 Å². The number of non-ortho nitro benzene ring substituents is 1. The third-order valence-corrected chi connectivity index (χ3v) is 5.88. The molecule has 2 aliphatic rings. The lowest BCUT2D eigenvalue weighted by molar-refractivity contribution is -0.384. The normalized spacial score (nSPS) is 23.1. The second kappa shape index (κ2) is 6.22. The zero-order chi connectivity index (χ0) is 18.3. The fourth-order valence-corrected chi connectivity index (χ4v) is 4.31. The summed E-state index contributed by atoms with van der Waals surface area (Å²) in [5.41, 5.74) is 1.13. The van der Waals surface area contributed by atoms with Crippen molar-refractivity contribution in [1.29, 1.82) is 5.26 Å². The van der Waals surface area contributed by atoms with Gasteiger partial charge in [0.1, 0.15) is 5.82 Å². The molecule has 1 aromatic carbocycles. The molecule has 134 valence electrons. The highest BCUT2D eigenvalue weighted by Crippen LogP contribution is 2.58. The summed E-state index contributed by atoms with van der Waals surface area (Å²) in [6.07, 6.45) is 4.77. The van der Waals surface area contributed by atoms with Crippen molar-refractivity contribution < 1.29 is 9.66 Å². The average molecular weight is 352 g/mol. The molecule has 0 radical (unpaired) electrons. The van der Waals surface area contributed by atoms with Gasteiger partial charge in [0, 0.05) is 35.6 Å². The van der Waals surface area contributed by atoms with E-state index in [-0.39, 0.29) is 11.1 Å². The number of nitro groups is 1. The summed E-state index contributed by atoms with van der Waals surface area (Å²) in [6.45, 7) is 2.75. The maximum Gasteiger partial charge on any atom is 0.270 e. The number of aromatic nitrogens is 1. The molecule has 26 heavy (non-hydrogen) atoms. The smallest absolute Gasteiger partial charge is 0.270 e. The van der Waals surface area contributed by atoms with Gasteiger partial charge in [0.15, 0.2) is 0 Å². The van der Waals surface area contributed by atoms with E-state index in [0.29, 0.717) is 34.4 Å². The Morgan fingerprint density at radius 3 is 2.88 bits per heavy atom. The van der Waals surface area contributed by atoms with E-state index < -0.39 is 4.92 Å². The number of ether oxygens (including phenoxy) is 1. The Kier molecular flexibility index (Phi) is 4.00. The molecule has 4 rings (SSSR count). The molecule has 7 nitrogen and oxygen atoms in total. The summed E-state index contributed by atoms with van der Waals surface area (Å²) in [6, 6.07) is 8.54. The number of anilines is 1. The number of nitrogens with one attached hydrogen (secondary N) is 1. The highest BCUT2D eigenvalue weighted by molar-refractivity contribution is 5.88. The summed E-state index contributed by atoms with van der Waals surface area (Å²) < 4.78 is 5.88. The molecule has 2 fully saturated rings. The van der Waals surface area contributed by atoms with E-state index in [1.807, 2.05) is 6.92 Å². The number of pyridine rings is 1. The topological polar surface area (TPSA) is 101 Å². The molecular weight excluding hydrogens is 332 g/mol. The average Bonchev–Trinajstić information content (AvgIpc) is 2.58. The van der Waals surface area contributed by atoms with Crippen molar-refractivity contribution in [3.63, 3.8) is 0 Å². The van der Waals surface area contributed by atoms with Crippen LogP contribution in [0.5, 0.6) is 0 Å². The number of nitriles is 1. The van der Waals surface area contributed by atoms with Crippen LogP contribution in [0.4, 0.5) is 11.5 Å². The summed E-state index contributed by atoms with van der Waals surface area (Å²) >= 11 is 0. The van der Waals surface area contributed by atoms with E-state index in [9.17, 15) is 15.4 Å². The number of hydrogen-bond donors (Lipinski definition) is 1. The van der Waals surface area contributed by atoms with Crippen molar-refractivity contribution in [2.24, 2.45) is 5.41 Å². The quantitative estimate of drug-likeness (QED) is 0.649. The minimum Gasteiger partial charge on any atom is -0.378 e. The van der Waals surface area contributed by atoms with E-state index in [1.165, 1.54) is 18.6 Å². The van der Waals surface area contributed by atoms with Gasteiger partial charge in [0.05, 0.1) is 28.2 Å². The van der Waals surface area contributed by atoms with Gasteiger partial charge in [0.2, 0.25) is 0 Å². The highest BCUT2D eigenvalue weighted by Gasteiger charge is 2.59. The molecule has 2 unspecified atom stereocenters. The van der Waals surface area contributed by atoms with Crippen LogP contribution in [0.1, 0.15) is 38.2 Å². The number of nitrogens with zero attached hydrogens (tertiary/aromatic N) is 3. The van der Waals surface area contributed by atoms with E-state index in [4.69, 9.17) is 4.74 Å². The highest BCUT2D eigenvalue weighted by atomic mass is 16.6. The van der Waals surface area contributed by atoms with E-state index >= 15 is 0 Å². The lowest BCUT2D eigenvalue weighted by Crippen LogP contribution is -2.64. The molecule has 2 aliphatic carbocycles. The van der Waals surface area contributed by atoms with E-state index in [2.05, 4.69) is 16.4 Å². The van der Waals surface area contributed by atoms with Crippen molar-refractivity contribution in [2.75, 3.05) is 11.9 Å². The largest absolute Gasteiger partial charge is 0.378 e. The summed E-state index contributed by atoms with van der Waals surface area (Å²) in [5.74, 6) is 0.647. The number of rotatable bonds is 5. The summed E-state index contributed by atoms with van der Waals surface area (Å²) in [7, 11) is 0. The Labute approximate surface area is 151 Å². The molecule has 1 spiro atoms. The molecule has 0 aliphatic heterocycles. The molecule has 1 N–H and O–H groups in total. The second-order valence-electron chi connectivity index (χ2n) is 7.09. The van der Waals surface area contributed by atoms with E-state index in [1.54, 1.807) is 12.1 Å². The van der Waals surface area contributed by atoms with Crippen LogP contribution >= 0.6 is 0 Å².